The molecule has 0 aromatic carbocycles. The summed E-state index contributed by atoms with van der Waals surface area (Å²) in [5.41, 5.74) is 0.249. The van der Waals surface area contributed by atoms with Crippen LogP contribution in [0.1, 0.15) is 57.4 Å². The molecule has 0 unspecified atom stereocenters. The van der Waals surface area contributed by atoms with Crippen LogP contribution >= 0.6 is 0 Å². The summed E-state index contributed by atoms with van der Waals surface area (Å²) in [7, 11) is 0. The third kappa shape index (κ3) is 4.35. The van der Waals surface area contributed by atoms with Crippen LogP contribution in [-0.2, 0) is 0 Å². The zero-order chi connectivity index (χ0) is 13.4. The fourth-order valence-electron chi connectivity index (χ4n) is 1.88. The Balaban J connectivity index is 2.24. The second kappa shape index (κ2) is 7.69. The van der Waals surface area contributed by atoms with E-state index < -0.39 is 5.88 Å². The molecule has 4 heteroatoms. The van der Waals surface area contributed by atoms with E-state index in [4.69, 9.17) is 5.11 Å². The zero-order valence-electron chi connectivity index (χ0n) is 10.9. The molecule has 1 heterocycles. The highest BCUT2D eigenvalue weighted by molar-refractivity contribution is 5.65. The number of unbranched alkanes of at least 4 members (excludes halogenated alkanes) is 6. The van der Waals surface area contributed by atoms with Gasteiger partial charge < -0.3 is 15.3 Å². The van der Waals surface area contributed by atoms with Gasteiger partial charge in [-0.05, 0) is 18.9 Å². The Morgan fingerprint density at radius 2 is 1.61 bits per heavy atom. The molecule has 1 aromatic heterocycles. The Kier molecular flexibility index (Phi) is 6.19. The van der Waals surface area contributed by atoms with E-state index >= 15 is 0 Å². The minimum atomic E-state index is -0.397. The van der Waals surface area contributed by atoms with E-state index in [0.717, 1.165) is 12.8 Å². The second-order valence-corrected chi connectivity index (χ2v) is 4.54. The molecule has 18 heavy (non-hydrogen) atoms. The van der Waals surface area contributed by atoms with E-state index in [1.807, 2.05) is 6.08 Å². The van der Waals surface area contributed by atoms with Gasteiger partial charge in [-0.2, -0.15) is 0 Å². The summed E-state index contributed by atoms with van der Waals surface area (Å²) in [6, 6.07) is 0. The van der Waals surface area contributed by atoms with Crippen molar-refractivity contribution < 1.29 is 15.3 Å². The molecule has 0 atom stereocenters. The molecule has 0 radical (unpaired) electrons. The van der Waals surface area contributed by atoms with Gasteiger partial charge in [0.15, 0.2) is 5.75 Å². The van der Waals surface area contributed by atoms with E-state index in [1.165, 1.54) is 32.1 Å². The maximum atomic E-state index is 9.43. The van der Waals surface area contributed by atoms with Crippen LogP contribution < -0.4 is 0 Å². The molecule has 0 saturated heterocycles. The van der Waals surface area contributed by atoms with Crippen LogP contribution in [0.2, 0.25) is 0 Å². The summed E-state index contributed by atoms with van der Waals surface area (Å²) in [5, 5.41) is 28.0. The van der Waals surface area contributed by atoms with Crippen LogP contribution in [0, 0.1) is 0 Å². The number of rotatable bonds is 8. The number of H-pyrrole nitrogens is 1. The van der Waals surface area contributed by atoms with Gasteiger partial charge in [0.05, 0.1) is 5.56 Å². The molecule has 4 nitrogen and oxygen atoms in total. The highest BCUT2D eigenvalue weighted by Crippen LogP contribution is 2.36. The van der Waals surface area contributed by atoms with E-state index in [9.17, 15) is 10.2 Å². The van der Waals surface area contributed by atoms with Gasteiger partial charge in [-0.25, -0.2) is 0 Å². The first kappa shape index (κ1) is 14.5. The number of aromatic amines is 1. The van der Waals surface area contributed by atoms with Crippen molar-refractivity contribution in [1.82, 2.24) is 4.98 Å². The molecule has 0 spiro atoms. The first-order valence-corrected chi connectivity index (χ1v) is 6.66. The fraction of sp³-hybridized carbons (Fsp3) is 0.571. The Bertz CT molecular complexity index is 383. The van der Waals surface area contributed by atoms with Crippen LogP contribution in [0.5, 0.6) is 17.5 Å². The summed E-state index contributed by atoms with van der Waals surface area (Å²) >= 11 is 0. The molecule has 0 amide bonds. The van der Waals surface area contributed by atoms with Gasteiger partial charge in [-0.1, -0.05) is 45.1 Å². The molecular formula is C14H23NO3. The molecular weight excluding hydrogens is 230 g/mol. The van der Waals surface area contributed by atoms with Crippen molar-refractivity contribution in [2.75, 3.05) is 0 Å². The molecule has 0 fully saturated rings. The van der Waals surface area contributed by atoms with Gasteiger partial charge >= 0.3 is 0 Å². The van der Waals surface area contributed by atoms with Crippen LogP contribution in [0.3, 0.4) is 0 Å². The molecule has 0 aliphatic carbocycles. The van der Waals surface area contributed by atoms with Crippen LogP contribution in [-0.4, -0.2) is 20.3 Å². The predicted octanol–water partition coefficient (Wildman–Crippen LogP) is 3.90. The van der Waals surface area contributed by atoms with Crippen molar-refractivity contribution in [2.24, 2.45) is 0 Å². The van der Waals surface area contributed by atoms with Crippen molar-refractivity contribution in [3.63, 3.8) is 0 Å². The lowest BCUT2D eigenvalue weighted by Gasteiger charge is -1.97. The average molecular weight is 253 g/mol. The van der Waals surface area contributed by atoms with E-state index in [0.29, 0.717) is 0 Å². The summed E-state index contributed by atoms with van der Waals surface area (Å²) < 4.78 is 0. The topological polar surface area (TPSA) is 76.5 Å². The first-order valence-electron chi connectivity index (χ1n) is 6.66. The van der Waals surface area contributed by atoms with Crippen LogP contribution in [0.25, 0.3) is 6.08 Å². The van der Waals surface area contributed by atoms with Crippen molar-refractivity contribution in [2.45, 2.75) is 51.9 Å². The quantitative estimate of drug-likeness (QED) is 0.531. The maximum Gasteiger partial charge on any atom is 0.235 e. The standard InChI is InChI=1S/C14H23NO3/c1-2-3-4-5-6-7-8-9-10-11-12(16)14(18)15-13(11)17/h9-10,15-18H,2-8H2,1H3. The smallest absolute Gasteiger partial charge is 0.235 e. The third-order valence-electron chi connectivity index (χ3n) is 2.98. The second-order valence-electron chi connectivity index (χ2n) is 4.54. The predicted molar refractivity (Wildman–Crippen MR) is 72.8 cm³/mol. The molecule has 0 bridgehead atoms. The highest BCUT2D eigenvalue weighted by Gasteiger charge is 2.12. The van der Waals surface area contributed by atoms with E-state index in [2.05, 4.69) is 11.9 Å². The molecule has 1 rings (SSSR count). The largest absolute Gasteiger partial charge is 0.503 e. The van der Waals surface area contributed by atoms with E-state index in [1.54, 1.807) is 6.08 Å². The number of aromatic hydroxyl groups is 3. The summed E-state index contributed by atoms with van der Waals surface area (Å²) in [6.07, 6.45) is 11.9. The molecule has 0 aliphatic heterocycles. The number of allylic oxidation sites excluding steroid dienone is 1. The number of hydrogen-bond acceptors (Lipinski definition) is 3. The van der Waals surface area contributed by atoms with Gasteiger partial charge in [0, 0.05) is 0 Å². The fourth-order valence-corrected chi connectivity index (χ4v) is 1.88. The van der Waals surface area contributed by atoms with Gasteiger partial charge in [0.2, 0.25) is 11.8 Å². The lowest BCUT2D eigenvalue weighted by Crippen LogP contribution is -1.77. The van der Waals surface area contributed by atoms with Crippen molar-refractivity contribution in [3.8, 4) is 17.5 Å². The van der Waals surface area contributed by atoms with Crippen molar-refractivity contribution in [1.29, 1.82) is 0 Å². The lowest BCUT2D eigenvalue weighted by molar-refractivity contribution is 0.391. The summed E-state index contributed by atoms with van der Waals surface area (Å²) in [6.45, 7) is 2.20. The van der Waals surface area contributed by atoms with Gasteiger partial charge in [-0.3, -0.25) is 4.98 Å². The maximum absolute atomic E-state index is 9.43. The number of aromatic nitrogens is 1. The van der Waals surface area contributed by atoms with Gasteiger partial charge in [-0.15, -0.1) is 0 Å². The average Bonchev–Trinajstić information content (AvgIpc) is 2.58. The first-order chi connectivity index (χ1) is 8.66. The van der Waals surface area contributed by atoms with Crippen LogP contribution in [0.4, 0.5) is 0 Å². The number of nitrogens with one attached hydrogen (secondary N) is 1. The van der Waals surface area contributed by atoms with Gasteiger partial charge in [0.25, 0.3) is 0 Å². The third-order valence-corrected chi connectivity index (χ3v) is 2.98. The Morgan fingerprint density at radius 1 is 0.944 bits per heavy atom. The SMILES string of the molecule is CCCCCCCCC=Cc1c(O)[nH]c(O)c1O. The van der Waals surface area contributed by atoms with Crippen molar-refractivity contribution in [3.05, 3.63) is 11.6 Å². The Morgan fingerprint density at radius 3 is 2.22 bits per heavy atom. The minimum absolute atomic E-state index is 0.204. The van der Waals surface area contributed by atoms with E-state index in [-0.39, 0.29) is 17.2 Å². The van der Waals surface area contributed by atoms with Crippen molar-refractivity contribution >= 4 is 6.08 Å². The number of hydrogen-bond donors (Lipinski definition) is 4. The Hall–Kier alpha value is -1.58. The summed E-state index contributed by atoms with van der Waals surface area (Å²) in [5.74, 6) is -0.900. The molecule has 0 saturated carbocycles. The Labute approximate surface area is 108 Å². The van der Waals surface area contributed by atoms with Crippen LogP contribution in [0.15, 0.2) is 6.08 Å². The highest BCUT2D eigenvalue weighted by atomic mass is 16.3. The monoisotopic (exact) mass is 253 g/mol. The molecule has 4 N–H and O–H groups in total. The molecule has 1 aromatic rings. The molecule has 0 aliphatic rings. The minimum Gasteiger partial charge on any atom is -0.503 e. The summed E-state index contributed by atoms with van der Waals surface area (Å²) in [4.78, 5) is 2.26. The normalized spacial score (nSPS) is 11.4. The lowest BCUT2D eigenvalue weighted by atomic mass is 10.1. The molecule has 102 valence electrons. The zero-order valence-corrected chi connectivity index (χ0v) is 10.9. The van der Waals surface area contributed by atoms with Gasteiger partial charge in [0.1, 0.15) is 0 Å².